The molecule has 18 heavy (non-hydrogen) atoms. The molecule has 2 rings (SSSR count). The highest BCUT2D eigenvalue weighted by Gasteiger charge is 2.22. The van der Waals surface area contributed by atoms with Crippen LogP contribution in [0.3, 0.4) is 0 Å². The van der Waals surface area contributed by atoms with Crippen LogP contribution in [0, 0.1) is 17.8 Å². The molecule has 102 valence electrons. The fourth-order valence-electron chi connectivity index (χ4n) is 3.18. The standard InChI is InChI=1S/C17H28O/c1-4-13(2)14(3)15-5-7-16(8-6-15)17-9-11-18-12-10-17/h5,7,13-14,17H,4,6,8-12H2,1-3H3. The second kappa shape index (κ2) is 6.56. The van der Waals surface area contributed by atoms with Crippen LogP contribution < -0.4 is 0 Å². The Labute approximate surface area is 112 Å². The Balaban J connectivity index is 1.97. The lowest BCUT2D eigenvalue weighted by Gasteiger charge is -2.29. The zero-order valence-corrected chi connectivity index (χ0v) is 12.2. The van der Waals surface area contributed by atoms with Gasteiger partial charge in [-0.15, -0.1) is 0 Å². The highest BCUT2D eigenvalue weighted by atomic mass is 16.5. The first-order valence-electron chi connectivity index (χ1n) is 7.69. The van der Waals surface area contributed by atoms with Gasteiger partial charge in [-0.05, 0) is 43.4 Å². The van der Waals surface area contributed by atoms with E-state index in [1.165, 1.54) is 32.1 Å². The highest BCUT2D eigenvalue weighted by Crippen LogP contribution is 2.35. The van der Waals surface area contributed by atoms with Crippen LogP contribution in [0.15, 0.2) is 23.3 Å². The van der Waals surface area contributed by atoms with Gasteiger partial charge in [0, 0.05) is 13.2 Å². The van der Waals surface area contributed by atoms with E-state index in [4.69, 9.17) is 4.74 Å². The third-order valence-corrected chi connectivity index (χ3v) is 5.04. The number of ether oxygens (including phenoxy) is 1. The third kappa shape index (κ3) is 3.26. The first kappa shape index (κ1) is 13.9. The Bertz CT molecular complexity index is 303. The summed E-state index contributed by atoms with van der Waals surface area (Å²) in [6, 6.07) is 0. The summed E-state index contributed by atoms with van der Waals surface area (Å²) < 4.78 is 5.45. The van der Waals surface area contributed by atoms with Crippen LogP contribution in [0.2, 0.25) is 0 Å². The van der Waals surface area contributed by atoms with Crippen molar-refractivity contribution in [2.45, 2.75) is 52.9 Å². The average molecular weight is 248 g/mol. The summed E-state index contributed by atoms with van der Waals surface area (Å²) in [6.45, 7) is 8.99. The molecule has 1 saturated heterocycles. The summed E-state index contributed by atoms with van der Waals surface area (Å²) in [5.41, 5.74) is 3.35. The lowest BCUT2D eigenvalue weighted by molar-refractivity contribution is 0.0748. The molecule has 1 heteroatoms. The van der Waals surface area contributed by atoms with Crippen LogP contribution in [0.5, 0.6) is 0 Å². The minimum absolute atomic E-state index is 0.752. The van der Waals surface area contributed by atoms with E-state index in [1.807, 2.05) is 0 Å². The predicted octanol–water partition coefficient (Wildman–Crippen LogP) is 4.74. The molecule has 1 nitrogen and oxygen atoms in total. The average Bonchev–Trinajstić information content (AvgIpc) is 2.47. The van der Waals surface area contributed by atoms with Crippen molar-refractivity contribution < 1.29 is 4.74 Å². The van der Waals surface area contributed by atoms with Crippen LogP contribution in [0.25, 0.3) is 0 Å². The SMILES string of the molecule is CCC(C)C(C)C1=CC=C(C2CCOCC2)CC1. The first-order valence-corrected chi connectivity index (χ1v) is 7.69. The van der Waals surface area contributed by atoms with E-state index < -0.39 is 0 Å². The van der Waals surface area contributed by atoms with Crippen LogP contribution in [0.1, 0.15) is 52.9 Å². The summed E-state index contributed by atoms with van der Waals surface area (Å²) in [7, 11) is 0. The maximum absolute atomic E-state index is 5.45. The monoisotopic (exact) mass is 248 g/mol. The molecule has 0 aromatic heterocycles. The number of allylic oxidation sites excluding steroid dienone is 4. The predicted molar refractivity (Wildman–Crippen MR) is 77.6 cm³/mol. The van der Waals surface area contributed by atoms with Crippen molar-refractivity contribution in [3.63, 3.8) is 0 Å². The zero-order chi connectivity index (χ0) is 13.0. The summed E-state index contributed by atoms with van der Waals surface area (Å²) in [4.78, 5) is 0. The van der Waals surface area contributed by atoms with E-state index in [0.717, 1.165) is 31.0 Å². The Kier molecular flexibility index (Phi) is 5.05. The molecule has 0 N–H and O–H groups in total. The second-order valence-corrected chi connectivity index (χ2v) is 6.04. The van der Waals surface area contributed by atoms with Crippen LogP contribution in [0.4, 0.5) is 0 Å². The lowest BCUT2D eigenvalue weighted by atomic mass is 9.79. The molecule has 0 radical (unpaired) electrons. The van der Waals surface area contributed by atoms with Crippen molar-refractivity contribution in [2.24, 2.45) is 17.8 Å². The van der Waals surface area contributed by atoms with E-state index in [1.54, 1.807) is 11.1 Å². The smallest absolute Gasteiger partial charge is 0.0471 e. The molecule has 2 unspecified atom stereocenters. The quantitative estimate of drug-likeness (QED) is 0.698. The Hall–Kier alpha value is -0.560. The maximum atomic E-state index is 5.45. The van der Waals surface area contributed by atoms with Gasteiger partial charge in [0.05, 0.1) is 0 Å². The third-order valence-electron chi connectivity index (χ3n) is 5.04. The molecule has 1 aliphatic carbocycles. The van der Waals surface area contributed by atoms with Crippen molar-refractivity contribution >= 4 is 0 Å². The molecule has 2 aliphatic rings. The van der Waals surface area contributed by atoms with Gasteiger partial charge in [0.1, 0.15) is 0 Å². The molecular formula is C17H28O. The molecule has 0 aromatic rings. The van der Waals surface area contributed by atoms with Crippen molar-refractivity contribution in [3.8, 4) is 0 Å². The van der Waals surface area contributed by atoms with E-state index in [2.05, 4.69) is 32.9 Å². The lowest BCUT2D eigenvalue weighted by Crippen LogP contribution is -2.19. The number of rotatable bonds is 4. The van der Waals surface area contributed by atoms with Gasteiger partial charge in [0.25, 0.3) is 0 Å². The Morgan fingerprint density at radius 3 is 2.44 bits per heavy atom. The molecule has 1 heterocycles. The fourth-order valence-corrected chi connectivity index (χ4v) is 3.18. The molecule has 0 spiro atoms. The topological polar surface area (TPSA) is 9.23 Å². The summed E-state index contributed by atoms with van der Waals surface area (Å²) in [5, 5.41) is 0. The number of hydrogen-bond donors (Lipinski definition) is 0. The van der Waals surface area contributed by atoms with E-state index >= 15 is 0 Å². The van der Waals surface area contributed by atoms with Crippen molar-refractivity contribution in [2.75, 3.05) is 13.2 Å². The normalized spacial score (nSPS) is 25.3. The molecule has 1 aliphatic heterocycles. The van der Waals surface area contributed by atoms with Crippen LogP contribution in [-0.4, -0.2) is 13.2 Å². The van der Waals surface area contributed by atoms with Crippen molar-refractivity contribution in [1.82, 2.24) is 0 Å². The molecule has 1 fully saturated rings. The van der Waals surface area contributed by atoms with Gasteiger partial charge in [-0.2, -0.15) is 0 Å². The summed E-state index contributed by atoms with van der Waals surface area (Å²) in [6.07, 6.45) is 11.2. The second-order valence-electron chi connectivity index (χ2n) is 6.04. The maximum Gasteiger partial charge on any atom is 0.0471 e. The van der Waals surface area contributed by atoms with Gasteiger partial charge in [-0.3, -0.25) is 0 Å². The fraction of sp³-hybridized carbons (Fsp3) is 0.765. The largest absolute Gasteiger partial charge is 0.381 e. The zero-order valence-electron chi connectivity index (χ0n) is 12.2. The van der Waals surface area contributed by atoms with E-state index in [0.29, 0.717) is 0 Å². The van der Waals surface area contributed by atoms with Crippen LogP contribution in [-0.2, 0) is 4.74 Å². The van der Waals surface area contributed by atoms with Crippen LogP contribution >= 0.6 is 0 Å². The summed E-state index contributed by atoms with van der Waals surface area (Å²) >= 11 is 0. The van der Waals surface area contributed by atoms with Gasteiger partial charge in [0.15, 0.2) is 0 Å². The minimum atomic E-state index is 0.752. The van der Waals surface area contributed by atoms with E-state index in [-0.39, 0.29) is 0 Å². The van der Waals surface area contributed by atoms with Gasteiger partial charge in [-0.1, -0.05) is 50.5 Å². The molecule has 0 saturated carbocycles. The van der Waals surface area contributed by atoms with Gasteiger partial charge in [-0.25, -0.2) is 0 Å². The van der Waals surface area contributed by atoms with Crippen molar-refractivity contribution in [3.05, 3.63) is 23.3 Å². The highest BCUT2D eigenvalue weighted by molar-refractivity contribution is 5.27. The van der Waals surface area contributed by atoms with Gasteiger partial charge in [0.2, 0.25) is 0 Å². The Morgan fingerprint density at radius 1 is 1.17 bits per heavy atom. The first-order chi connectivity index (χ1) is 8.72. The molecule has 0 amide bonds. The van der Waals surface area contributed by atoms with Gasteiger partial charge >= 0.3 is 0 Å². The molecule has 2 atom stereocenters. The van der Waals surface area contributed by atoms with E-state index in [9.17, 15) is 0 Å². The number of hydrogen-bond acceptors (Lipinski definition) is 1. The minimum Gasteiger partial charge on any atom is -0.381 e. The Morgan fingerprint density at radius 2 is 1.89 bits per heavy atom. The molecular weight excluding hydrogens is 220 g/mol. The van der Waals surface area contributed by atoms with Crippen molar-refractivity contribution in [1.29, 1.82) is 0 Å². The molecule has 0 aromatic carbocycles. The molecule has 0 bridgehead atoms. The summed E-state index contributed by atoms with van der Waals surface area (Å²) in [5.74, 6) is 2.37. The van der Waals surface area contributed by atoms with Gasteiger partial charge < -0.3 is 4.74 Å².